The summed E-state index contributed by atoms with van der Waals surface area (Å²) in [5, 5.41) is 19.3. The summed E-state index contributed by atoms with van der Waals surface area (Å²) in [5.41, 5.74) is 0.0907. The van der Waals surface area contributed by atoms with Gasteiger partial charge >= 0.3 is 5.97 Å². The molecule has 0 spiro atoms. The van der Waals surface area contributed by atoms with Crippen molar-refractivity contribution < 1.29 is 15.0 Å². The lowest BCUT2D eigenvalue weighted by Crippen LogP contribution is -1.97. The Hall–Kier alpha value is -0.940. The minimum atomic E-state index is -0.999. The number of aliphatic hydroxyl groups is 1. The molecule has 12 heavy (non-hydrogen) atoms. The lowest BCUT2D eigenvalue weighted by molar-refractivity contribution is 0.0691. The van der Waals surface area contributed by atoms with E-state index in [0.29, 0.717) is 12.8 Å². The number of rotatable bonds is 4. The van der Waals surface area contributed by atoms with E-state index in [4.69, 9.17) is 10.2 Å². The number of hydrogen-bond donors (Lipinski definition) is 2. The normalized spacial score (nSPS) is 10.1. The number of carbonyl (C=O) groups is 1. The minimum absolute atomic E-state index is 0.0907. The first-order valence-corrected chi connectivity index (χ1v) is 4.40. The van der Waals surface area contributed by atoms with Crippen molar-refractivity contribution in [2.45, 2.75) is 12.8 Å². The largest absolute Gasteiger partial charge is 0.476 e. The van der Waals surface area contributed by atoms with Crippen LogP contribution in [0.3, 0.4) is 0 Å². The fourth-order valence-electron chi connectivity index (χ4n) is 0.754. The molecule has 0 aliphatic rings. The standard InChI is InChI=1S/C7H9NO3S/c9-3-1-2-6-8-5(4-12-6)7(10)11/h4,9H,1-3H2,(H,10,11). The fourth-order valence-corrected chi connectivity index (χ4v) is 1.57. The number of nitrogens with zero attached hydrogens (tertiary/aromatic N) is 1. The molecule has 1 rings (SSSR count). The Balaban J connectivity index is 2.58. The van der Waals surface area contributed by atoms with E-state index in [2.05, 4.69) is 4.98 Å². The zero-order valence-electron chi connectivity index (χ0n) is 6.36. The number of aliphatic hydroxyl groups excluding tert-OH is 1. The van der Waals surface area contributed by atoms with Crippen LogP contribution in [0.2, 0.25) is 0 Å². The number of aromatic carboxylic acids is 1. The molecule has 0 unspecified atom stereocenters. The smallest absolute Gasteiger partial charge is 0.355 e. The highest BCUT2D eigenvalue weighted by atomic mass is 32.1. The van der Waals surface area contributed by atoms with Crippen LogP contribution in [0.5, 0.6) is 0 Å². The highest BCUT2D eigenvalue weighted by molar-refractivity contribution is 7.09. The van der Waals surface area contributed by atoms with Crippen LogP contribution < -0.4 is 0 Å². The van der Waals surface area contributed by atoms with Crippen LogP contribution in [0.25, 0.3) is 0 Å². The van der Waals surface area contributed by atoms with Crippen molar-refractivity contribution in [3.63, 3.8) is 0 Å². The Bertz CT molecular complexity index is 271. The lowest BCUT2D eigenvalue weighted by atomic mass is 10.3. The molecule has 0 aliphatic carbocycles. The number of carboxylic acid groups (broad SMARTS) is 1. The summed E-state index contributed by atoms with van der Waals surface area (Å²) in [6.07, 6.45) is 1.28. The van der Waals surface area contributed by atoms with Gasteiger partial charge in [-0.15, -0.1) is 11.3 Å². The van der Waals surface area contributed by atoms with E-state index in [1.807, 2.05) is 0 Å². The molecule has 0 radical (unpaired) electrons. The summed E-state index contributed by atoms with van der Waals surface area (Å²) in [4.78, 5) is 14.2. The van der Waals surface area contributed by atoms with E-state index in [0.717, 1.165) is 5.01 Å². The van der Waals surface area contributed by atoms with Crippen LogP contribution in [-0.4, -0.2) is 27.8 Å². The molecule has 0 amide bonds. The molecule has 2 N–H and O–H groups in total. The Morgan fingerprint density at radius 3 is 2.92 bits per heavy atom. The second-order valence-corrected chi connectivity index (χ2v) is 3.20. The van der Waals surface area contributed by atoms with Gasteiger partial charge in [-0.05, 0) is 6.42 Å². The van der Waals surface area contributed by atoms with Crippen LogP contribution in [0.4, 0.5) is 0 Å². The third-order valence-corrected chi connectivity index (χ3v) is 2.23. The average molecular weight is 187 g/mol. The van der Waals surface area contributed by atoms with Crippen LogP contribution in [-0.2, 0) is 6.42 Å². The predicted molar refractivity (Wildman–Crippen MR) is 44.5 cm³/mol. The molecule has 0 aliphatic heterocycles. The average Bonchev–Trinajstić information content (AvgIpc) is 2.48. The summed E-state index contributed by atoms with van der Waals surface area (Å²) >= 11 is 1.31. The third-order valence-electron chi connectivity index (χ3n) is 1.32. The maximum atomic E-state index is 10.4. The molecule has 0 bridgehead atoms. The Kier molecular flexibility index (Phi) is 3.19. The molecule has 0 aromatic carbocycles. The molecule has 0 saturated carbocycles. The zero-order chi connectivity index (χ0) is 8.97. The van der Waals surface area contributed by atoms with Gasteiger partial charge in [0.25, 0.3) is 0 Å². The van der Waals surface area contributed by atoms with Gasteiger partial charge in [-0.3, -0.25) is 0 Å². The molecule has 1 heterocycles. The van der Waals surface area contributed by atoms with Gasteiger partial charge in [-0.2, -0.15) is 0 Å². The van der Waals surface area contributed by atoms with Crippen molar-refractivity contribution in [1.29, 1.82) is 0 Å². The van der Waals surface area contributed by atoms with Crippen LogP contribution in [0.15, 0.2) is 5.38 Å². The van der Waals surface area contributed by atoms with Gasteiger partial charge in [0.05, 0.1) is 5.01 Å². The lowest BCUT2D eigenvalue weighted by Gasteiger charge is -1.90. The number of aromatic nitrogens is 1. The summed E-state index contributed by atoms with van der Waals surface area (Å²) in [5.74, 6) is -0.999. The van der Waals surface area contributed by atoms with Gasteiger partial charge in [0, 0.05) is 18.4 Å². The highest BCUT2D eigenvalue weighted by Gasteiger charge is 2.07. The Morgan fingerprint density at radius 2 is 2.42 bits per heavy atom. The molecule has 5 heteroatoms. The molecular formula is C7H9NO3S. The first-order chi connectivity index (χ1) is 5.74. The van der Waals surface area contributed by atoms with E-state index in [9.17, 15) is 4.79 Å². The minimum Gasteiger partial charge on any atom is -0.476 e. The van der Waals surface area contributed by atoms with Crippen molar-refractivity contribution in [2.75, 3.05) is 6.61 Å². The maximum Gasteiger partial charge on any atom is 0.355 e. The van der Waals surface area contributed by atoms with E-state index in [1.165, 1.54) is 16.7 Å². The summed E-state index contributed by atoms with van der Waals surface area (Å²) in [6, 6.07) is 0. The van der Waals surface area contributed by atoms with Gasteiger partial charge in [0.15, 0.2) is 5.69 Å². The van der Waals surface area contributed by atoms with Crippen molar-refractivity contribution in [3.8, 4) is 0 Å². The zero-order valence-corrected chi connectivity index (χ0v) is 7.17. The van der Waals surface area contributed by atoms with Crippen molar-refractivity contribution in [1.82, 2.24) is 4.98 Å². The molecule has 66 valence electrons. The summed E-state index contributed by atoms with van der Waals surface area (Å²) < 4.78 is 0. The maximum absolute atomic E-state index is 10.4. The van der Waals surface area contributed by atoms with E-state index < -0.39 is 5.97 Å². The molecular weight excluding hydrogens is 178 g/mol. The summed E-state index contributed by atoms with van der Waals surface area (Å²) in [7, 11) is 0. The quantitative estimate of drug-likeness (QED) is 0.730. The number of hydrogen-bond acceptors (Lipinski definition) is 4. The first kappa shape index (κ1) is 9.15. The molecule has 1 aromatic heterocycles. The van der Waals surface area contributed by atoms with Crippen LogP contribution in [0.1, 0.15) is 21.9 Å². The predicted octanol–water partition coefficient (Wildman–Crippen LogP) is 0.766. The van der Waals surface area contributed by atoms with Gasteiger partial charge in [0.1, 0.15) is 0 Å². The molecule has 4 nitrogen and oxygen atoms in total. The van der Waals surface area contributed by atoms with Crippen molar-refractivity contribution in [2.24, 2.45) is 0 Å². The topological polar surface area (TPSA) is 70.4 Å². The SMILES string of the molecule is O=C(O)c1csc(CCCO)n1. The van der Waals surface area contributed by atoms with E-state index in [-0.39, 0.29) is 12.3 Å². The summed E-state index contributed by atoms with van der Waals surface area (Å²) in [6.45, 7) is 0.113. The molecule has 0 atom stereocenters. The number of aryl methyl sites for hydroxylation is 1. The van der Waals surface area contributed by atoms with Crippen molar-refractivity contribution >= 4 is 17.3 Å². The van der Waals surface area contributed by atoms with Gasteiger partial charge < -0.3 is 10.2 Å². The van der Waals surface area contributed by atoms with Gasteiger partial charge in [-0.25, -0.2) is 9.78 Å². The fraction of sp³-hybridized carbons (Fsp3) is 0.429. The molecule has 1 aromatic rings. The van der Waals surface area contributed by atoms with E-state index >= 15 is 0 Å². The van der Waals surface area contributed by atoms with Crippen LogP contribution >= 0.6 is 11.3 Å². The van der Waals surface area contributed by atoms with Gasteiger partial charge in [-0.1, -0.05) is 0 Å². The molecule has 0 saturated heterocycles. The Morgan fingerprint density at radius 1 is 1.67 bits per heavy atom. The monoisotopic (exact) mass is 187 g/mol. The van der Waals surface area contributed by atoms with Gasteiger partial charge in [0.2, 0.25) is 0 Å². The van der Waals surface area contributed by atoms with Crippen molar-refractivity contribution in [3.05, 3.63) is 16.1 Å². The Labute approximate surface area is 73.5 Å². The molecule has 0 fully saturated rings. The first-order valence-electron chi connectivity index (χ1n) is 3.52. The second kappa shape index (κ2) is 4.18. The highest BCUT2D eigenvalue weighted by Crippen LogP contribution is 2.11. The third kappa shape index (κ3) is 2.28. The second-order valence-electron chi connectivity index (χ2n) is 2.26. The number of carboxylic acids is 1. The van der Waals surface area contributed by atoms with E-state index in [1.54, 1.807) is 0 Å². The number of thiazole rings is 1. The van der Waals surface area contributed by atoms with Crippen LogP contribution in [0, 0.1) is 0 Å².